The second-order valence-corrected chi connectivity index (χ2v) is 6.34. The van der Waals surface area contributed by atoms with Gasteiger partial charge in [-0.25, -0.2) is 15.0 Å². The van der Waals surface area contributed by atoms with E-state index >= 15 is 0 Å². The molecule has 1 fully saturated rings. The predicted octanol–water partition coefficient (Wildman–Crippen LogP) is 0.344. The Bertz CT molecular complexity index is 773. The highest BCUT2D eigenvalue weighted by Crippen LogP contribution is 2.64. The molecule has 2 aliphatic carbocycles. The van der Waals surface area contributed by atoms with E-state index in [1.165, 1.54) is 11.8 Å². The third-order valence-corrected chi connectivity index (χ3v) is 5.10. The smallest absolute Gasteiger partial charge is 0.191 e. The Balaban J connectivity index is 1.86. The van der Waals surface area contributed by atoms with E-state index in [1.807, 2.05) is 10.8 Å². The maximum Gasteiger partial charge on any atom is 0.191 e. The van der Waals surface area contributed by atoms with Crippen molar-refractivity contribution >= 4 is 34.4 Å². The fourth-order valence-corrected chi connectivity index (χ4v) is 3.56. The molecule has 0 aromatic carbocycles. The third-order valence-electron chi connectivity index (χ3n) is 4.55. The van der Waals surface area contributed by atoms with Crippen LogP contribution in [-0.4, -0.2) is 48.7 Å². The Kier molecular flexibility index (Phi) is 2.60. The molecule has 4 rings (SSSR count). The molecule has 0 aliphatic heterocycles. The van der Waals surface area contributed by atoms with Crippen molar-refractivity contribution in [2.45, 2.75) is 17.7 Å². The number of hydrogen-bond donors (Lipinski definition) is 3. The summed E-state index contributed by atoms with van der Waals surface area (Å²) in [5.74, 6) is 0.496. The number of aliphatic hydroxyl groups excluding tert-OH is 2. The molecule has 4 N–H and O–H groups in total. The Morgan fingerprint density at radius 2 is 2.33 bits per heavy atom. The predicted molar refractivity (Wildman–Crippen MR) is 79.4 cm³/mol. The number of allylic oxidation sites excluding steroid dienone is 1. The van der Waals surface area contributed by atoms with Crippen LogP contribution in [0.4, 0.5) is 5.82 Å². The Morgan fingerprint density at radius 3 is 2.95 bits per heavy atom. The number of thioether (sulfide) groups is 1. The number of nitrogens with zero attached hydrogens (tertiary/aromatic N) is 4. The van der Waals surface area contributed by atoms with Crippen LogP contribution in [0.2, 0.25) is 0 Å². The van der Waals surface area contributed by atoms with Crippen molar-refractivity contribution in [3.8, 4) is 0 Å². The summed E-state index contributed by atoms with van der Waals surface area (Å²) in [5, 5.41) is 20.3. The number of anilines is 1. The number of rotatable bonds is 3. The lowest BCUT2D eigenvalue weighted by Gasteiger charge is -2.12. The zero-order valence-electron chi connectivity index (χ0n) is 11.4. The molecule has 3 atom stereocenters. The summed E-state index contributed by atoms with van der Waals surface area (Å²) in [6, 6.07) is 0. The Hall–Kier alpha value is -1.64. The summed E-state index contributed by atoms with van der Waals surface area (Å²) in [5.41, 5.74) is 7.65. The molecular weight excluding hydrogens is 290 g/mol. The van der Waals surface area contributed by atoms with Crippen molar-refractivity contribution in [3.63, 3.8) is 0 Å². The van der Waals surface area contributed by atoms with Crippen molar-refractivity contribution in [1.82, 2.24) is 19.5 Å². The average molecular weight is 305 g/mol. The fourth-order valence-electron chi connectivity index (χ4n) is 3.19. The van der Waals surface area contributed by atoms with Crippen LogP contribution in [0.5, 0.6) is 0 Å². The molecule has 2 aliphatic rings. The van der Waals surface area contributed by atoms with Gasteiger partial charge in [0.25, 0.3) is 0 Å². The molecule has 2 aromatic rings. The molecule has 2 heterocycles. The van der Waals surface area contributed by atoms with Crippen LogP contribution in [0.15, 0.2) is 17.6 Å². The molecule has 1 saturated carbocycles. The van der Waals surface area contributed by atoms with E-state index in [-0.39, 0.29) is 12.5 Å². The van der Waals surface area contributed by atoms with Gasteiger partial charge in [-0.2, -0.15) is 0 Å². The molecule has 110 valence electrons. The zero-order valence-corrected chi connectivity index (χ0v) is 12.2. The van der Waals surface area contributed by atoms with Gasteiger partial charge in [0.05, 0.1) is 12.7 Å². The van der Waals surface area contributed by atoms with Crippen molar-refractivity contribution in [3.05, 3.63) is 12.4 Å². The van der Waals surface area contributed by atoms with Crippen LogP contribution < -0.4 is 5.73 Å². The second kappa shape index (κ2) is 4.19. The molecule has 0 bridgehead atoms. The average Bonchev–Trinajstić information content (AvgIpc) is 2.98. The number of nitrogen functional groups attached to an aromatic ring is 1. The summed E-state index contributed by atoms with van der Waals surface area (Å²) in [7, 11) is 0. The van der Waals surface area contributed by atoms with Crippen LogP contribution >= 0.6 is 11.8 Å². The first-order chi connectivity index (χ1) is 10.1. The second-order valence-electron chi connectivity index (χ2n) is 5.57. The van der Waals surface area contributed by atoms with Crippen molar-refractivity contribution in [2.24, 2.45) is 11.3 Å². The van der Waals surface area contributed by atoms with E-state index in [1.54, 1.807) is 12.4 Å². The standard InChI is InChI=1S/C13H15N5O2S/c1-21-12-16-10(14)9-11(17-12)18(5-15-9)7-2-8(20)13(4-19)3-6(7)13/h2,5-6,8,19-20H,3-4H2,1H3,(H2,14,16,17). The molecule has 0 saturated heterocycles. The Labute approximate surface area is 124 Å². The topological polar surface area (TPSA) is 110 Å². The van der Waals surface area contributed by atoms with E-state index in [0.717, 1.165) is 12.1 Å². The van der Waals surface area contributed by atoms with Crippen LogP contribution in [0, 0.1) is 11.3 Å². The molecule has 0 radical (unpaired) electrons. The summed E-state index contributed by atoms with van der Waals surface area (Å²) in [4.78, 5) is 12.9. The highest BCUT2D eigenvalue weighted by Gasteiger charge is 2.63. The van der Waals surface area contributed by atoms with Gasteiger partial charge in [-0.1, -0.05) is 11.8 Å². The maximum atomic E-state index is 10.2. The van der Waals surface area contributed by atoms with Gasteiger partial charge in [-0.3, -0.25) is 4.57 Å². The zero-order chi connectivity index (χ0) is 14.8. The van der Waals surface area contributed by atoms with E-state index in [4.69, 9.17) is 5.73 Å². The lowest BCUT2D eigenvalue weighted by molar-refractivity contribution is 0.0848. The largest absolute Gasteiger partial charge is 0.396 e. The molecule has 7 nitrogen and oxygen atoms in total. The minimum Gasteiger partial charge on any atom is -0.396 e. The monoisotopic (exact) mass is 305 g/mol. The number of aromatic nitrogens is 4. The van der Waals surface area contributed by atoms with Gasteiger partial charge in [-0.15, -0.1) is 0 Å². The third kappa shape index (κ3) is 1.60. The highest BCUT2D eigenvalue weighted by molar-refractivity contribution is 7.98. The van der Waals surface area contributed by atoms with E-state index < -0.39 is 11.5 Å². The summed E-state index contributed by atoms with van der Waals surface area (Å²) in [6.07, 6.45) is 5.48. The van der Waals surface area contributed by atoms with Gasteiger partial charge in [-0.05, 0) is 18.8 Å². The van der Waals surface area contributed by atoms with Crippen LogP contribution in [0.3, 0.4) is 0 Å². The number of imidazole rings is 1. The van der Waals surface area contributed by atoms with Crippen molar-refractivity contribution < 1.29 is 10.2 Å². The van der Waals surface area contributed by atoms with Crippen molar-refractivity contribution in [2.75, 3.05) is 18.6 Å². The van der Waals surface area contributed by atoms with Gasteiger partial charge in [0.2, 0.25) is 0 Å². The minimum absolute atomic E-state index is 0.0152. The molecule has 21 heavy (non-hydrogen) atoms. The van der Waals surface area contributed by atoms with Gasteiger partial charge in [0.15, 0.2) is 22.1 Å². The SMILES string of the molecule is CSc1nc(N)c2ncn(C3=CC(O)C4(CO)CC34)c2n1. The van der Waals surface area contributed by atoms with Crippen LogP contribution in [0.1, 0.15) is 6.42 Å². The first-order valence-corrected chi connectivity index (χ1v) is 7.89. The fraction of sp³-hybridized carbons (Fsp3) is 0.462. The normalized spacial score (nSPS) is 30.5. The van der Waals surface area contributed by atoms with Crippen molar-refractivity contribution in [1.29, 1.82) is 0 Å². The van der Waals surface area contributed by atoms with Crippen LogP contribution in [0.25, 0.3) is 16.9 Å². The number of hydrogen-bond acceptors (Lipinski definition) is 7. The Morgan fingerprint density at radius 1 is 1.52 bits per heavy atom. The quantitative estimate of drug-likeness (QED) is 0.554. The van der Waals surface area contributed by atoms with Gasteiger partial charge in [0.1, 0.15) is 6.33 Å². The van der Waals surface area contributed by atoms with E-state index in [9.17, 15) is 10.2 Å². The molecule has 0 amide bonds. The highest BCUT2D eigenvalue weighted by atomic mass is 32.2. The summed E-state index contributed by atoms with van der Waals surface area (Å²) >= 11 is 1.42. The molecule has 0 spiro atoms. The lowest BCUT2D eigenvalue weighted by Crippen LogP contribution is -2.21. The van der Waals surface area contributed by atoms with Gasteiger partial charge in [0, 0.05) is 17.0 Å². The summed E-state index contributed by atoms with van der Waals surface area (Å²) in [6.45, 7) is -0.0152. The first kappa shape index (κ1) is 13.1. The van der Waals surface area contributed by atoms with Crippen LogP contribution in [-0.2, 0) is 0 Å². The van der Waals surface area contributed by atoms with Gasteiger partial charge < -0.3 is 15.9 Å². The van der Waals surface area contributed by atoms with Gasteiger partial charge >= 0.3 is 0 Å². The molecular formula is C13H15N5O2S. The number of aliphatic hydroxyl groups is 2. The first-order valence-electron chi connectivity index (χ1n) is 6.66. The molecule has 2 aromatic heterocycles. The molecule has 8 heteroatoms. The van der Waals surface area contributed by atoms with E-state index in [2.05, 4.69) is 15.0 Å². The van der Waals surface area contributed by atoms with E-state index in [0.29, 0.717) is 22.1 Å². The maximum absolute atomic E-state index is 10.2. The minimum atomic E-state index is -0.626. The number of nitrogens with two attached hydrogens (primary N) is 1. The number of fused-ring (bicyclic) bond motifs is 2. The summed E-state index contributed by atoms with van der Waals surface area (Å²) < 4.78 is 1.85. The lowest BCUT2D eigenvalue weighted by atomic mass is 10.0. The molecule has 3 unspecified atom stereocenters.